The molecule has 54 heavy (non-hydrogen) atoms. The van der Waals surface area contributed by atoms with Crippen LogP contribution < -0.4 is 5.09 Å². The van der Waals surface area contributed by atoms with Crippen molar-refractivity contribution in [2.24, 2.45) is 19.5 Å². The first-order valence-corrected chi connectivity index (χ1v) is 25.3. The fourth-order valence-corrected chi connectivity index (χ4v) is 22.2. The van der Waals surface area contributed by atoms with Gasteiger partial charge in [-0.05, 0) is 17.7 Å². The van der Waals surface area contributed by atoms with Gasteiger partial charge in [0.2, 0.25) is 21.7 Å². The summed E-state index contributed by atoms with van der Waals surface area (Å²) in [5.41, 5.74) is 0. The van der Waals surface area contributed by atoms with Gasteiger partial charge in [0.15, 0.2) is 0 Å². The zero-order valence-electron chi connectivity index (χ0n) is 31.7. The molecule has 0 saturated carbocycles. The molecule has 0 aromatic heterocycles. The van der Waals surface area contributed by atoms with Gasteiger partial charge in [-0.25, -0.2) is 18.7 Å². The lowest BCUT2D eigenvalue weighted by molar-refractivity contribution is -0.00119. The Kier molecular flexibility index (Phi) is 18.9. The molecule has 0 amide bonds. The van der Waals surface area contributed by atoms with Gasteiger partial charge in [0, 0.05) is 64.8 Å². The molecule has 310 valence electrons. The Labute approximate surface area is 326 Å². The van der Waals surface area contributed by atoms with Crippen LogP contribution in [0, 0.1) is 5.92 Å². The van der Waals surface area contributed by atoms with Crippen molar-refractivity contribution in [3.8, 4) is 0 Å². The van der Waals surface area contributed by atoms with Crippen molar-refractivity contribution < 1.29 is 42.6 Å². The van der Waals surface area contributed by atoms with E-state index in [1.54, 1.807) is 0 Å². The number of hydrogen-bond acceptors (Lipinski definition) is 17. The number of halogens is 1. The number of ether oxygens (including phenoxy) is 9. The van der Waals surface area contributed by atoms with Gasteiger partial charge in [0.1, 0.15) is 0 Å². The molecule has 1 aliphatic carbocycles. The maximum atomic E-state index is 8.19. The summed E-state index contributed by atoms with van der Waals surface area (Å²) in [6, 6.07) is 0. The van der Waals surface area contributed by atoms with Gasteiger partial charge in [0.25, 0.3) is 0 Å². The number of hydrogen-bond donors (Lipinski definition) is 1. The molecule has 5 heterocycles. The predicted octanol–water partition coefficient (Wildman–Crippen LogP) is 4.21. The first-order valence-electron chi connectivity index (χ1n) is 19.5. The van der Waals surface area contributed by atoms with Gasteiger partial charge in [-0.3, -0.25) is 5.09 Å². The zero-order valence-corrected chi connectivity index (χ0v) is 35.1. The van der Waals surface area contributed by atoms with Gasteiger partial charge in [0.05, 0.1) is 119 Å². The van der Waals surface area contributed by atoms with E-state index >= 15 is 0 Å². The molecule has 6 aliphatic rings. The van der Waals surface area contributed by atoms with E-state index in [-0.39, 0.29) is 5.92 Å². The van der Waals surface area contributed by atoms with Gasteiger partial charge in [-0.1, -0.05) is 24.3 Å². The summed E-state index contributed by atoms with van der Waals surface area (Å²) in [6.07, 6.45) is 9.74. The SMILES string of the molecule is ClP1(N2CCOCCOCCOCC2)=NP2(=NP(N3CCOCCOCCOCC3)(N3CCOCCOCCOCC3)=N1)NCCCN2CC1C=CC=C1. The van der Waals surface area contributed by atoms with Crippen LogP contribution in [0.5, 0.6) is 0 Å². The highest BCUT2D eigenvalue weighted by Crippen LogP contribution is 2.82. The van der Waals surface area contributed by atoms with Crippen molar-refractivity contribution >= 4 is 33.0 Å². The summed E-state index contributed by atoms with van der Waals surface area (Å²) < 4.78 is 81.2. The summed E-state index contributed by atoms with van der Waals surface area (Å²) in [5.74, 6) is 0.254. The topological polar surface area (TPSA) is 145 Å². The van der Waals surface area contributed by atoms with Crippen LogP contribution in [0.15, 0.2) is 37.9 Å². The molecule has 1 N–H and O–H groups in total. The van der Waals surface area contributed by atoms with E-state index in [2.05, 4.69) is 48.1 Å². The summed E-state index contributed by atoms with van der Waals surface area (Å²) in [5, 5.41) is 3.94. The predicted molar refractivity (Wildman–Crippen MR) is 212 cm³/mol. The first kappa shape index (κ1) is 43.5. The lowest BCUT2D eigenvalue weighted by atomic mass is 10.2. The fourth-order valence-electron chi connectivity index (χ4n) is 6.78. The standard InChI is InChI=1S/C33H62ClN8O9P3/c34-52(39-8-14-43-20-26-49-27-21-44-15-9-39)36-53(35-6-3-7-42(53)32-33-4-1-2-5-33)38-54(37-52,40-10-16-45-22-28-50-29-23-46-17-11-40)41-12-18-47-24-30-51-31-25-48-19-13-41/h1-2,4-5,33,35H,3,6-32H2. The average Bonchev–Trinajstić information content (AvgIpc) is 3.66. The molecule has 0 aromatic carbocycles. The first-order chi connectivity index (χ1) is 26.6. The van der Waals surface area contributed by atoms with Crippen LogP contribution in [0.4, 0.5) is 0 Å². The van der Waals surface area contributed by atoms with E-state index in [9.17, 15) is 0 Å². The molecular formula is C33H62ClN8O9P3. The zero-order chi connectivity index (χ0) is 37.2. The molecule has 6 rings (SSSR count). The number of allylic oxidation sites excluding steroid dienone is 2. The quantitative estimate of drug-likeness (QED) is 0.395. The van der Waals surface area contributed by atoms with E-state index in [4.69, 9.17) is 67.4 Å². The monoisotopic (exact) mass is 842 g/mol. The van der Waals surface area contributed by atoms with Gasteiger partial charge in [-0.15, -0.1) is 0 Å². The van der Waals surface area contributed by atoms with Crippen LogP contribution in [0.1, 0.15) is 6.42 Å². The minimum absolute atomic E-state index is 0.254. The molecule has 1 spiro atoms. The molecule has 0 bridgehead atoms. The molecule has 4 fully saturated rings. The van der Waals surface area contributed by atoms with Crippen LogP contribution in [-0.2, 0) is 42.6 Å². The Morgan fingerprint density at radius 2 is 0.889 bits per heavy atom. The molecule has 2 atom stereocenters. The fraction of sp³-hybridized carbons (Fsp3) is 0.879. The Morgan fingerprint density at radius 1 is 0.500 bits per heavy atom. The molecule has 0 radical (unpaired) electrons. The van der Waals surface area contributed by atoms with Crippen molar-refractivity contribution in [3.63, 3.8) is 0 Å². The van der Waals surface area contributed by atoms with Gasteiger partial charge in [-0.2, -0.15) is 13.5 Å². The molecule has 0 aromatic rings. The van der Waals surface area contributed by atoms with Crippen molar-refractivity contribution in [1.29, 1.82) is 0 Å². The summed E-state index contributed by atoms with van der Waals surface area (Å²) in [6.45, 7) is 11.5. The third kappa shape index (κ3) is 12.7. The van der Waals surface area contributed by atoms with Gasteiger partial charge < -0.3 is 42.6 Å². The molecule has 21 heteroatoms. The molecule has 5 aliphatic heterocycles. The Bertz CT molecular complexity index is 1290. The molecular weight excluding hydrogens is 781 g/mol. The number of rotatable bonds is 5. The normalized spacial score (nSPS) is 32.7. The summed E-state index contributed by atoms with van der Waals surface area (Å²) >= 11 is 8.19. The second kappa shape index (κ2) is 23.5. The van der Waals surface area contributed by atoms with Crippen LogP contribution >= 0.6 is 33.0 Å². The minimum Gasteiger partial charge on any atom is -0.378 e. The highest BCUT2D eigenvalue weighted by atomic mass is 35.7. The third-order valence-electron chi connectivity index (χ3n) is 9.59. The van der Waals surface area contributed by atoms with E-state index in [0.29, 0.717) is 158 Å². The Hall–Kier alpha value is -0.100. The van der Waals surface area contributed by atoms with Crippen molar-refractivity contribution in [1.82, 2.24) is 23.8 Å². The van der Waals surface area contributed by atoms with Crippen molar-refractivity contribution in [3.05, 3.63) is 24.3 Å². The number of nitrogens with one attached hydrogen (secondary N) is 1. The third-order valence-corrected chi connectivity index (χ3v) is 22.4. The Morgan fingerprint density at radius 3 is 1.31 bits per heavy atom. The number of nitrogens with zero attached hydrogens (tertiary/aromatic N) is 7. The summed E-state index contributed by atoms with van der Waals surface area (Å²) in [7, 11) is -5.95. The lowest BCUT2D eigenvalue weighted by Gasteiger charge is -2.49. The van der Waals surface area contributed by atoms with Gasteiger partial charge >= 0.3 is 0 Å². The van der Waals surface area contributed by atoms with Crippen LogP contribution in [-0.4, -0.2) is 197 Å². The smallest absolute Gasteiger partial charge is 0.239 e. The summed E-state index contributed by atoms with van der Waals surface area (Å²) in [4.78, 5) is 0. The maximum Gasteiger partial charge on any atom is 0.239 e. The molecule has 17 nitrogen and oxygen atoms in total. The second-order valence-corrected chi connectivity index (χ2v) is 22.6. The molecule has 4 saturated heterocycles. The average molecular weight is 843 g/mol. The van der Waals surface area contributed by atoms with Crippen LogP contribution in [0.3, 0.4) is 0 Å². The minimum atomic E-state index is -3.19. The Balaban J connectivity index is 1.51. The second-order valence-electron chi connectivity index (χ2n) is 13.3. The van der Waals surface area contributed by atoms with Crippen molar-refractivity contribution in [2.75, 3.05) is 178 Å². The molecule has 2 unspecified atom stereocenters. The lowest BCUT2D eigenvalue weighted by Crippen LogP contribution is -2.42. The highest BCUT2D eigenvalue weighted by molar-refractivity contribution is 7.96. The largest absolute Gasteiger partial charge is 0.378 e. The highest BCUT2D eigenvalue weighted by Gasteiger charge is 2.48. The van der Waals surface area contributed by atoms with Crippen LogP contribution in [0.25, 0.3) is 0 Å². The van der Waals surface area contributed by atoms with Crippen molar-refractivity contribution in [2.45, 2.75) is 6.42 Å². The van der Waals surface area contributed by atoms with E-state index < -0.39 is 21.7 Å². The van der Waals surface area contributed by atoms with Crippen LogP contribution in [0.2, 0.25) is 0 Å². The van der Waals surface area contributed by atoms with E-state index in [1.807, 2.05) is 0 Å². The van der Waals surface area contributed by atoms with E-state index in [1.165, 1.54) is 0 Å². The maximum absolute atomic E-state index is 8.19. The van der Waals surface area contributed by atoms with E-state index in [0.717, 1.165) is 26.1 Å².